The molecule has 0 fully saturated rings. The molecule has 0 spiro atoms. The van der Waals surface area contributed by atoms with E-state index < -0.39 is 17.8 Å². The zero-order valence-corrected chi connectivity index (χ0v) is 18.2. The summed E-state index contributed by atoms with van der Waals surface area (Å²) in [4.78, 5) is 19.0. The number of carbonyl (C=O) groups excluding carboxylic acids is 1. The topological polar surface area (TPSA) is 68.3 Å². The molecule has 0 radical (unpaired) electrons. The lowest BCUT2D eigenvalue weighted by atomic mass is 10.2. The van der Waals surface area contributed by atoms with Crippen LogP contribution in [0.3, 0.4) is 0 Å². The summed E-state index contributed by atoms with van der Waals surface area (Å²) in [6.45, 7) is 2.06. The third-order valence-electron chi connectivity index (χ3n) is 4.63. The Labute approximate surface area is 183 Å². The van der Waals surface area contributed by atoms with Crippen LogP contribution >= 0.6 is 22.9 Å². The number of fused-ring (bicyclic) bond motifs is 1. The summed E-state index contributed by atoms with van der Waals surface area (Å²) in [6, 6.07) is 5.34. The highest BCUT2D eigenvalue weighted by molar-refractivity contribution is 7.19. The van der Waals surface area contributed by atoms with Gasteiger partial charge >= 0.3 is 6.18 Å². The predicted octanol–water partition coefficient (Wildman–Crippen LogP) is 4.44. The smallest absolute Gasteiger partial charge is 0.336 e. The van der Waals surface area contributed by atoms with Gasteiger partial charge in [0.2, 0.25) is 0 Å². The lowest BCUT2D eigenvalue weighted by molar-refractivity contribution is -0.142. The predicted molar refractivity (Wildman–Crippen MR) is 110 cm³/mol. The minimum absolute atomic E-state index is 0.0799. The first-order valence-electron chi connectivity index (χ1n) is 9.01. The zero-order chi connectivity index (χ0) is 22.5. The molecule has 4 rings (SSSR count). The number of thiophene rings is 1. The Hall–Kier alpha value is -2.92. The van der Waals surface area contributed by atoms with Gasteiger partial charge in [-0.25, -0.2) is 9.50 Å². The van der Waals surface area contributed by atoms with E-state index in [9.17, 15) is 18.0 Å². The van der Waals surface area contributed by atoms with Crippen molar-refractivity contribution in [3.63, 3.8) is 0 Å². The number of amides is 1. The first kappa shape index (κ1) is 21.3. The summed E-state index contributed by atoms with van der Waals surface area (Å²) in [5.74, 6) is -0.525. The van der Waals surface area contributed by atoms with Crippen LogP contribution in [0.1, 0.15) is 27.4 Å². The molecule has 0 N–H and O–H groups in total. The van der Waals surface area contributed by atoms with Crippen molar-refractivity contribution in [2.75, 3.05) is 7.05 Å². The first-order chi connectivity index (χ1) is 14.5. The molecular formula is C19H16ClF3N6OS. The van der Waals surface area contributed by atoms with Gasteiger partial charge in [0.05, 0.1) is 20.6 Å². The number of hydrogen-bond acceptors (Lipinski definition) is 5. The normalized spacial score (nSPS) is 12.0. The molecule has 4 aromatic heterocycles. The number of aromatic nitrogens is 5. The maximum Gasteiger partial charge on any atom is 0.433 e. The molecule has 4 heterocycles. The highest BCUT2D eigenvalue weighted by Gasteiger charge is 2.36. The fourth-order valence-electron chi connectivity index (χ4n) is 3.19. The van der Waals surface area contributed by atoms with Gasteiger partial charge in [-0.2, -0.15) is 23.4 Å². The molecule has 0 aliphatic carbocycles. The second-order valence-electron chi connectivity index (χ2n) is 7.00. The molecule has 162 valence electrons. The Balaban J connectivity index is 1.74. The number of hydrogen-bond donors (Lipinski definition) is 0. The van der Waals surface area contributed by atoms with Crippen LogP contribution in [0.4, 0.5) is 13.2 Å². The number of halogens is 4. The maximum absolute atomic E-state index is 13.7. The van der Waals surface area contributed by atoms with Crippen molar-refractivity contribution in [3.8, 4) is 10.6 Å². The van der Waals surface area contributed by atoms with E-state index in [4.69, 9.17) is 11.6 Å². The van der Waals surface area contributed by atoms with E-state index in [1.807, 2.05) is 6.92 Å². The zero-order valence-electron chi connectivity index (χ0n) is 16.6. The van der Waals surface area contributed by atoms with E-state index in [2.05, 4.69) is 15.2 Å². The van der Waals surface area contributed by atoms with Crippen molar-refractivity contribution in [2.45, 2.75) is 19.6 Å². The molecule has 0 aromatic carbocycles. The van der Waals surface area contributed by atoms with E-state index in [1.165, 1.54) is 11.0 Å². The highest BCUT2D eigenvalue weighted by atomic mass is 35.5. The van der Waals surface area contributed by atoms with Gasteiger partial charge in [-0.3, -0.25) is 9.48 Å². The van der Waals surface area contributed by atoms with Gasteiger partial charge in [0.25, 0.3) is 5.91 Å². The van der Waals surface area contributed by atoms with E-state index in [1.54, 1.807) is 37.1 Å². The number of rotatable bonds is 4. The Bertz CT molecular complexity index is 1290. The van der Waals surface area contributed by atoms with Crippen LogP contribution in [-0.4, -0.2) is 42.2 Å². The number of alkyl halides is 3. The van der Waals surface area contributed by atoms with Crippen LogP contribution in [-0.2, 0) is 19.8 Å². The number of nitrogens with zero attached hydrogens (tertiary/aromatic N) is 6. The second kappa shape index (κ2) is 7.65. The minimum atomic E-state index is -4.69. The average Bonchev–Trinajstić information content (AvgIpc) is 3.37. The average molecular weight is 469 g/mol. The largest absolute Gasteiger partial charge is 0.433 e. The van der Waals surface area contributed by atoms with Crippen LogP contribution in [0.2, 0.25) is 4.34 Å². The van der Waals surface area contributed by atoms with Crippen molar-refractivity contribution in [1.82, 2.24) is 29.3 Å². The summed E-state index contributed by atoms with van der Waals surface area (Å²) in [7, 11) is 3.32. The molecule has 12 heteroatoms. The fourth-order valence-corrected chi connectivity index (χ4v) is 4.19. The van der Waals surface area contributed by atoms with Gasteiger partial charge in [-0.15, -0.1) is 11.3 Å². The third-order valence-corrected chi connectivity index (χ3v) is 5.89. The molecule has 1 amide bonds. The molecular weight excluding hydrogens is 453 g/mol. The van der Waals surface area contributed by atoms with Gasteiger partial charge in [0, 0.05) is 38.5 Å². The number of aryl methyl sites for hydroxylation is 2. The Morgan fingerprint density at radius 1 is 1.26 bits per heavy atom. The van der Waals surface area contributed by atoms with E-state index in [-0.39, 0.29) is 23.6 Å². The van der Waals surface area contributed by atoms with E-state index in [0.29, 0.717) is 13.7 Å². The lowest BCUT2D eigenvalue weighted by Crippen LogP contribution is -2.27. The van der Waals surface area contributed by atoms with Crippen LogP contribution in [0.5, 0.6) is 0 Å². The van der Waals surface area contributed by atoms with Crippen molar-refractivity contribution in [3.05, 3.63) is 57.4 Å². The van der Waals surface area contributed by atoms with Crippen molar-refractivity contribution in [2.24, 2.45) is 7.05 Å². The van der Waals surface area contributed by atoms with Crippen LogP contribution in [0.15, 0.2) is 30.5 Å². The molecule has 0 aliphatic heterocycles. The molecule has 0 unspecified atom stereocenters. The SMILES string of the molecule is Cc1nn(C)cc1CN(C)C(=O)c1cc2nc(-c3ccc(Cl)s3)cc(C(F)(F)F)n2n1. The van der Waals surface area contributed by atoms with Crippen LogP contribution < -0.4 is 0 Å². The van der Waals surface area contributed by atoms with Crippen molar-refractivity contribution < 1.29 is 18.0 Å². The van der Waals surface area contributed by atoms with Gasteiger partial charge in [0.1, 0.15) is 0 Å². The summed E-state index contributed by atoms with van der Waals surface area (Å²) >= 11 is 7.03. The Kier molecular flexibility index (Phi) is 5.26. The van der Waals surface area contributed by atoms with E-state index in [0.717, 1.165) is 28.7 Å². The van der Waals surface area contributed by atoms with E-state index >= 15 is 0 Å². The third kappa shape index (κ3) is 4.15. The second-order valence-corrected chi connectivity index (χ2v) is 8.72. The summed E-state index contributed by atoms with van der Waals surface area (Å²) in [5, 5.41) is 8.13. The summed E-state index contributed by atoms with van der Waals surface area (Å²) in [5.41, 5.74) is 0.453. The molecule has 31 heavy (non-hydrogen) atoms. The fraction of sp³-hybridized carbons (Fsp3) is 0.263. The summed E-state index contributed by atoms with van der Waals surface area (Å²) in [6.07, 6.45) is -2.91. The molecule has 0 saturated carbocycles. The Morgan fingerprint density at radius 3 is 2.58 bits per heavy atom. The molecule has 7 nitrogen and oxygen atoms in total. The highest BCUT2D eigenvalue weighted by Crippen LogP contribution is 2.35. The standard InChI is InChI=1S/C19H16ClF3N6OS/c1-10-11(9-28(3)25-10)8-27(2)18(30)13-7-17-24-12(14-4-5-16(20)31-14)6-15(19(21,22)23)29(17)26-13/h4-7,9H,8H2,1-3H3. The maximum atomic E-state index is 13.7. The van der Waals surface area contributed by atoms with Crippen molar-refractivity contribution in [1.29, 1.82) is 0 Å². The minimum Gasteiger partial charge on any atom is -0.336 e. The quantitative estimate of drug-likeness (QED) is 0.444. The monoisotopic (exact) mass is 468 g/mol. The molecule has 0 atom stereocenters. The Morgan fingerprint density at radius 2 is 2.00 bits per heavy atom. The van der Waals surface area contributed by atoms with Crippen molar-refractivity contribution >= 4 is 34.5 Å². The van der Waals surface area contributed by atoms with Gasteiger partial charge in [-0.1, -0.05) is 11.6 Å². The van der Waals surface area contributed by atoms with Gasteiger partial charge in [0.15, 0.2) is 17.0 Å². The first-order valence-corrected chi connectivity index (χ1v) is 10.2. The molecule has 0 aliphatic rings. The van der Waals surface area contributed by atoms with Crippen LogP contribution in [0, 0.1) is 6.92 Å². The van der Waals surface area contributed by atoms with Gasteiger partial charge < -0.3 is 4.90 Å². The lowest BCUT2D eigenvalue weighted by Gasteiger charge is -2.15. The van der Waals surface area contributed by atoms with Crippen LogP contribution in [0.25, 0.3) is 16.2 Å². The molecule has 4 aromatic rings. The molecule has 0 saturated heterocycles. The number of carbonyl (C=O) groups is 1. The van der Waals surface area contributed by atoms with Gasteiger partial charge in [-0.05, 0) is 25.1 Å². The summed E-state index contributed by atoms with van der Waals surface area (Å²) < 4.78 is 43.8. The molecule has 0 bridgehead atoms.